The molecule has 0 saturated carbocycles. The second-order valence-corrected chi connectivity index (χ2v) is 3.73. The van der Waals surface area contributed by atoms with Crippen LogP contribution in [0.3, 0.4) is 0 Å². The standard InChI is InChI=1S/C13H10N2O2/c1-17-13(16)12-11-7-6-9-4-2-3-5-10(9)15(11)8-14-12/h2-8H,1H3. The summed E-state index contributed by atoms with van der Waals surface area (Å²) in [6, 6.07) is 11.8. The molecule has 0 aliphatic rings. The zero-order chi connectivity index (χ0) is 11.8. The van der Waals surface area contributed by atoms with Crippen LogP contribution in [0.2, 0.25) is 0 Å². The second-order valence-electron chi connectivity index (χ2n) is 3.73. The Hall–Kier alpha value is -2.36. The van der Waals surface area contributed by atoms with Crippen LogP contribution in [0.25, 0.3) is 16.4 Å². The zero-order valence-corrected chi connectivity index (χ0v) is 9.25. The first kappa shape index (κ1) is 9.84. The summed E-state index contributed by atoms with van der Waals surface area (Å²) in [4.78, 5) is 15.6. The minimum Gasteiger partial charge on any atom is -0.464 e. The number of ether oxygens (including phenoxy) is 1. The Morgan fingerprint density at radius 2 is 2.00 bits per heavy atom. The lowest BCUT2D eigenvalue weighted by Gasteiger charge is -2.02. The van der Waals surface area contributed by atoms with Crippen LogP contribution in [0.15, 0.2) is 42.7 Å². The molecule has 1 aromatic carbocycles. The quantitative estimate of drug-likeness (QED) is 0.598. The third-order valence-electron chi connectivity index (χ3n) is 2.80. The summed E-state index contributed by atoms with van der Waals surface area (Å²) in [7, 11) is 1.36. The first-order chi connectivity index (χ1) is 8.31. The lowest BCUT2D eigenvalue weighted by molar-refractivity contribution is 0.0597. The minimum atomic E-state index is -0.414. The summed E-state index contributed by atoms with van der Waals surface area (Å²) in [6.45, 7) is 0. The number of hydrogen-bond donors (Lipinski definition) is 0. The van der Waals surface area contributed by atoms with Crippen LogP contribution < -0.4 is 0 Å². The third-order valence-corrected chi connectivity index (χ3v) is 2.80. The van der Waals surface area contributed by atoms with Crippen LogP contribution in [0, 0.1) is 0 Å². The molecular formula is C13H10N2O2. The van der Waals surface area contributed by atoms with Crippen LogP contribution in [0.4, 0.5) is 0 Å². The van der Waals surface area contributed by atoms with Crippen LogP contribution in [0.5, 0.6) is 0 Å². The molecule has 0 amide bonds. The Labute approximate surface area is 97.5 Å². The van der Waals surface area contributed by atoms with Crippen molar-refractivity contribution in [3.8, 4) is 0 Å². The summed E-state index contributed by atoms with van der Waals surface area (Å²) >= 11 is 0. The van der Waals surface area contributed by atoms with E-state index in [-0.39, 0.29) is 0 Å². The average molecular weight is 226 g/mol. The predicted molar refractivity (Wildman–Crippen MR) is 64.0 cm³/mol. The van der Waals surface area contributed by atoms with E-state index in [1.807, 2.05) is 40.8 Å². The van der Waals surface area contributed by atoms with Crippen molar-refractivity contribution in [3.63, 3.8) is 0 Å². The number of hydrogen-bond acceptors (Lipinski definition) is 3. The average Bonchev–Trinajstić information content (AvgIpc) is 2.82. The molecule has 0 bridgehead atoms. The molecule has 4 nitrogen and oxygen atoms in total. The smallest absolute Gasteiger partial charge is 0.358 e. The van der Waals surface area contributed by atoms with Gasteiger partial charge in [-0.25, -0.2) is 9.78 Å². The predicted octanol–water partition coefficient (Wildman–Crippen LogP) is 2.27. The molecule has 0 fully saturated rings. The van der Waals surface area contributed by atoms with Crippen molar-refractivity contribution in [2.75, 3.05) is 7.11 Å². The van der Waals surface area contributed by atoms with Gasteiger partial charge in [0.25, 0.3) is 0 Å². The van der Waals surface area contributed by atoms with Gasteiger partial charge in [-0.05, 0) is 17.5 Å². The molecule has 84 valence electrons. The molecule has 3 aromatic rings. The lowest BCUT2D eigenvalue weighted by Crippen LogP contribution is -2.02. The van der Waals surface area contributed by atoms with Crippen molar-refractivity contribution < 1.29 is 9.53 Å². The molecule has 0 aliphatic heterocycles. The molecular weight excluding hydrogens is 216 g/mol. The van der Waals surface area contributed by atoms with Crippen LogP contribution in [0.1, 0.15) is 10.5 Å². The number of fused-ring (bicyclic) bond motifs is 3. The van der Waals surface area contributed by atoms with Gasteiger partial charge in [0.2, 0.25) is 0 Å². The first-order valence-corrected chi connectivity index (χ1v) is 5.24. The van der Waals surface area contributed by atoms with E-state index >= 15 is 0 Å². The van der Waals surface area contributed by atoms with Gasteiger partial charge in [0.05, 0.1) is 18.1 Å². The first-order valence-electron chi connectivity index (χ1n) is 5.24. The molecule has 4 heteroatoms. The van der Waals surface area contributed by atoms with E-state index in [9.17, 15) is 4.79 Å². The molecule has 0 aliphatic carbocycles. The maximum Gasteiger partial charge on any atom is 0.358 e. The minimum absolute atomic E-state index is 0.346. The van der Waals surface area contributed by atoms with Gasteiger partial charge < -0.3 is 4.74 Å². The topological polar surface area (TPSA) is 43.6 Å². The van der Waals surface area contributed by atoms with Gasteiger partial charge in [0.1, 0.15) is 6.33 Å². The Morgan fingerprint density at radius 1 is 1.18 bits per heavy atom. The number of methoxy groups -OCH3 is 1. The number of carbonyl (C=O) groups is 1. The number of nitrogens with zero attached hydrogens (tertiary/aromatic N) is 2. The number of para-hydroxylation sites is 1. The summed E-state index contributed by atoms with van der Waals surface area (Å²) in [6.07, 6.45) is 1.64. The fraction of sp³-hybridized carbons (Fsp3) is 0.0769. The van der Waals surface area contributed by atoms with Crippen LogP contribution in [-0.2, 0) is 4.74 Å². The van der Waals surface area contributed by atoms with Crippen molar-refractivity contribution in [3.05, 3.63) is 48.4 Å². The van der Waals surface area contributed by atoms with Gasteiger partial charge in [-0.1, -0.05) is 24.3 Å². The molecule has 0 saturated heterocycles. The number of esters is 1. The molecule has 0 atom stereocenters. The van der Waals surface area contributed by atoms with E-state index in [1.165, 1.54) is 7.11 Å². The van der Waals surface area contributed by atoms with E-state index in [2.05, 4.69) is 4.98 Å². The molecule has 0 N–H and O–H groups in total. The Morgan fingerprint density at radius 3 is 2.82 bits per heavy atom. The summed E-state index contributed by atoms with van der Waals surface area (Å²) in [5, 5.41) is 1.11. The Bertz CT molecular complexity index is 716. The van der Waals surface area contributed by atoms with E-state index < -0.39 is 5.97 Å². The normalized spacial score (nSPS) is 10.9. The fourth-order valence-corrected chi connectivity index (χ4v) is 1.98. The molecule has 2 aromatic heterocycles. The van der Waals surface area contributed by atoms with E-state index in [0.29, 0.717) is 5.69 Å². The van der Waals surface area contributed by atoms with Crippen molar-refractivity contribution >= 4 is 22.4 Å². The largest absolute Gasteiger partial charge is 0.464 e. The summed E-state index contributed by atoms with van der Waals surface area (Å²) in [5.41, 5.74) is 2.13. The summed E-state index contributed by atoms with van der Waals surface area (Å²) < 4.78 is 6.59. The summed E-state index contributed by atoms with van der Waals surface area (Å²) in [5.74, 6) is -0.414. The number of rotatable bonds is 1. The van der Waals surface area contributed by atoms with Gasteiger partial charge in [-0.3, -0.25) is 4.40 Å². The van der Waals surface area contributed by atoms with E-state index in [1.54, 1.807) is 6.33 Å². The highest BCUT2D eigenvalue weighted by atomic mass is 16.5. The molecule has 3 rings (SSSR count). The monoisotopic (exact) mass is 226 g/mol. The highest BCUT2D eigenvalue weighted by Crippen LogP contribution is 2.19. The fourth-order valence-electron chi connectivity index (χ4n) is 1.98. The van der Waals surface area contributed by atoms with Crippen LogP contribution in [-0.4, -0.2) is 22.5 Å². The van der Waals surface area contributed by atoms with Gasteiger partial charge in [0, 0.05) is 0 Å². The zero-order valence-electron chi connectivity index (χ0n) is 9.25. The molecule has 0 spiro atoms. The number of pyridine rings is 1. The van der Waals surface area contributed by atoms with Crippen molar-refractivity contribution in [1.82, 2.24) is 9.38 Å². The molecule has 0 unspecified atom stereocenters. The second kappa shape index (κ2) is 3.59. The van der Waals surface area contributed by atoms with Gasteiger partial charge in [0.15, 0.2) is 5.69 Å². The number of aromatic nitrogens is 2. The van der Waals surface area contributed by atoms with E-state index in [0.717, 1.165) is 16.4 Å². The van der Waals surface area contributed by atoms with Crippen molar-refractivity contribution in [1.29, 1.82) is 0 Å². The van der Waals surface area contributed by atoms with Crippen molar-refractivity contribution in [2.45, 2.75) is 0 Å². The Balaban J connectivity index is 2.39. The van der Waals surface area contributed by atoms with Gasteiger partial charge in [-0.15, -0.1) is 0 Å². The lowest BCUT2D eigenvalue weighted by atomic mass is 10.2. The number of benzene rings is 1. The SMILES string of the molecule is COC(=O)c1ncn2c1ccc1ccccc12. The van der Waals surface area contributed by atoms with Gasteiger partial charge in [-0.2, -0.15) is 0 Å². The Kier molecular flexibility index (Phi) is 2.08. The maximum atomic E-state index is 11.5. The molecule has 17 heavy (non-hydrogen) atoms. The molecule has 0 radical (unpaired) electrons. The number of imidazole rings is 1. The maximum absolute atomic E-state index is 11.5. The third kappa shape index (κ3) is 1.38. The number of carbonyl (C=O) groups excluding carboxylic acids is 1. The van der Waals surface area contributed by atoms with Crippen LogP contribution >= 0.6 is 0 Å². The van der Waals surface area contributed by atoms with Gasteiger partial charge >= 0.3 is 5.97 Å². The van der Waals surface area contributed by atoms with Crippen molar-refractivity contribution in [2.24, 2.45) is 0 Å². The highest BCUT2D eigenvalue weighted by Gasteiger charge is 2.14. The highest BCUT2D eigenvalue weighted by molar-refractivity contribution is 5.97. The van der Waals surface area contributed by atoms with E-state index in [4.69, 9.17) is 4.74 Å². The molecule has 2 heterocycles.